The third-order valence-electron chi connectivity index (χ3n) is 6.10. The Morgan fingerprint density at radius 1 is 1.12 bits per heavy atom. The van der Waals surface area contributed by atoms with Crippen LogP contribution in [0.5, 0.6) is 0 Å². The molecule has 162 valence electrons. The molecule has 1 N–H and O–H groups in total. The molecule has 0 saturated carbocycles. The summed E-state index contributed by atoms with van der Waals surface area (Å²) < 4.78 is 1.98. The molecule has 4 aromatic rings. The number of hydrogen-bond donors (Lipinski definition) is 1. The first-order valence-electron chi connectivity index (χ1n) is 10.4. The lowest BCUT2D eigenvalue weighted by molar-refractivity contribution is -0.133. The second kappa shape index (κ2) is 8.11. The van der Waals surface area contributed by atoms with Crippen molar-refractivity contribution in [1.29, 1.82) is 0 Å². The van der Waals surface area contributed by atoms with Crippen molar-refractivity contribution >= 4 is 45.0 Å². The maximum absolute atomic E-state index is 13.7. The molecule has 0 bridgehead atoms. The first-order chi connectivity index (χ1) is 15.5. The predicted molar refractivity (Wildman–Crippen MR) is 128 cm³/mol. The Morgan fingerprint density at radius 2 is 1.88 bits per heavy atom. The van der Waals surface area contributed by atoms with Gasteiger partial charge < -0.3 is 14.8 Å². The van der Waals surface area contributed by atoms with Gasteiger partial charge in [0.25, 0.3) is 5.91 Å². The van der Waals surface area contributed by atoms with Crippen LogP contribution in [0.2, 0.25) is 5.02 Å². The summed E-state index contributed by atoms with van der Waals surface area (Å²) in [4.78, 5) is 29.9. The van der Waals surface area contributed by atoms with Gasteiger partial charge in [-0.1, -0.05) is 60.1 Å². The summed E-state index contributed by atoms with van der Waals surface area (Å²) in [7, 11) is 0. The second-order valence-electron chi connectivity index (χ2n) is 8.22. The molecule has 5 rings (SSSR count). The standard InChI is InChI=1S/C25H22ClN3O2S/c1-25(24(31)27-14-17-7-3-2-4-8-17)16-28-21(13-18-11-12-32-23(18)28)22(30)29(25)15-19-9-5-6-10-20(19)26/h2-13H,14-16H2,1H3,(H,27,31)/t25-/m1/s1. The summed E-state index contributed by atoms with van der Waals surface area (Å²) in [5, 5.41) is 6.65. The molecule has 0 radical (unpaired) electrons. The Labute approximate surface area is 195 Å². The summed E-state index contributed by atoms with van der Waals surface area (Å²) in [6, 6.07) is 21.1. The van der Waals surface area contributed by atoms with E-state index in [4.69, 9.17) is 11.6 Å². The maximum Gasteiger partial charge on any atom is 0.271 e. The van der Waals surface area contributed by atoms with Crippen LogP contribution in [-0.4, -0.2) is 26.8 Å². The maximum atomic E-state index is 13.7. The van der Waals surface area contributed by atoms with Gasteiger partial charge in [0.05, 0.1) is 6.54 Å². The molecule has 0 spiro atoms. The van der Waals surface area contributed by atoms with Gasteiger partial charge >= 0.3 is 0 Å². The molecular weight excluding hydrogens is 442 g/mol. The van der Waals surface area contributed by atoms with E-state index in [0.29, 0.717) is 23.8 Å². The van der Waals surface area contributed by atoms with Gasteiger partial charge in [-0.15, -0.1) is 11.3 Å². The molecule has 1 atom stereocenters. The summed E-state index contributed by atoms with van der Waals surface area (Å²) >= 11 is 7.99. The van der Waals surface area contributed by atoms with E-state index in [1.165, 1.54) is 0 Å². The number of hydrogen-bond acceptors (Lipinski definition) is 3. The quantitative estimate of drug-likeness (QED) is 0.448. The zero-order valence-electron chi connectivity index (χ0n) is 17.5. The van der Waals surface area contributed by atoms with E-state index in [1.807, 2.05) is 77.5 Å². The number of benzene rings is 2. The van der Waals surface area contributed by atoms with Crippen LogP contribution in [0.3, 0.4) is 0 Å². The molecule has 7 heteroatoms. The normalized spacial score (nSPS) is 18.1. The Bertz CT molecular complexity index is 1310. The monoisotopic (exact) mass is 463 g/mol. The number of thiophene rings is 1. The number of carbonyl (C=O) groups excluding carboxylic acids is 2. The van der Waals surface area contributed by atoms with Crippen LogP contribution in [0.1, 0.15) is 28.5 Å². The molecule has 2 aromatic heterocycles. The molecule has 0 saturated heterocycles. The molecule has 0 aliphatic carbocycles. The highest BCUT2D eigenvalue weighted by Crippen LogP contribution is 2.36. The van der Waals surface area contributed by atoms with E-state index < -0.39 is 5.54 Å². The largest absolute Gasteiger partial charge is 0.350 e. The molecular formula is C25H22ClN3O2S. The minimum Gasteiger partial charge on any atom is -0.350 e. The third-order valence-corrected chi connectivity index (χ3v) is 7.42. The van der Waals surface area contributed by atoms with Gasteiger partial charge in [0.2, 0.25) is 5.91 Å². The molecule has 32 heavy (non-hydrogen) atoms. The summed E-state index contributed by atoms with van der Waals surface area (Å²) in [6.45, 7) is 2.87. The van der Waals surface area contributed by atoms with Gasteiger partial charge in [0, 0.05) is 23.5 Å². The van der Waals surface area contributed by atoms with Crippen molar-refractivity contribution in [3.8, 4) is 0 Å². The molecule has 5 nitrogen and oxygen atoms in total. The summed E-state index contributed by atoms with van der Waals surface area (Å²) in [5.41, 5.74) is 1.35. The Hall–Kier alpha value is -3.09. The number of aromatic nitrogens is 1. The zero-order chi connectivity index (χ0) is 22.3. The van der Waals surface area contributed by atoms with Crippen molar-refractivity contribution in [2.24, 2.45) is 0 Å². The number of nitrogens with zero attached hydrogens (tertiary/aromatic N) is 2. The lowest BCUT2D eigenvalue weighted by atomic mass is 9.93. The fraction of sp³-hybridized carbons (Fsp3) is 0.200. The summed E-state index contributed by atoms with van der Waals surface area (Å²) in [5.74, 6) is -0.359. The van der Waals surface area contributed by atoms with Gasteiger partial charge in [-0.25, -0.2) is 0 Å². The van der Waals surface area contributed by atoms with E-state index in [2.05, 4.69) is 5.32 Å². The molecule has 0 unspecified atom stereocenters. The smallest absolute Gasteiger partial charge is 0.271 e. The van der Waals surface area contributed by atoms with Crippen LogP contribution < -0.4 is 5.32 Å². The molecule has 0 fully saturated rings. The van der Waals surface area contributed by atoms with Crippen molar-refractivity contribution < 1.29 is 9.59 Å². The minimum absolute atomic E-state index is 0.170. The highest BCUT2D eigenvalue weighted by atomic mass is 35.5. The first-order valence-corrected chi connectivity index (χ1v) is 11.7. The van der Waals surface area contributed by atoms with Gasteiger partial charge in [-0.3, -0.25) is 9.59 Å². The summed E-state index contributed by atoms with van der Waals surface area (Å²) in [6.07, 6.45) is 0. The SMILES string of the molecule is C[C@]1(C(=O)NCc2ccccc2)Cn2c(cc3ccsc32)C(=O)N1Cc1ccccc1Cl. The average molecular weight is 464 g/mol. The van der Waals surface area contributed by atoms with Gasteiger partial charge in [-0.2, -0.15) is 0 Å². The van der Waals surface area contributed by atoms with E-state index in [1.54, 1.807) is 22.3 Å². The van der Waals surface area contributed by atoms with Crippen LogP contribution in [0.4, 0.5) is 0 Å². The van der Waals surface area contributed by atoms with E-state index >= 15 is 0 Å². The number of amides is 2. The number of halogens is 1. The molecule has 2 amide bonds. The number of nitrogens with one attached hydrogen (secondary N) is 1. The lowest BCUT2D eigenvalue weighted by Crippen LogP contribution is -2.63. The van der Waals surface area contributed by atoms with Crippen LogP contribution in [0, 0.1) is 0 Å². The van der Waals surface area contributed by atoms with E-state index in [-0.39, 0.29) is 18.4 Å². The number of rotatable bonds is 5. The van der Waals surface area contributed by atoms with Crippen LogP contribution in [0.25, 0.3) is 10.2 Å². The second-order valence-corrected chi connectivity index (χ2v) is 9.52. The van der Waals surface area contributed by atoms with E-state index in [0.717, 1.165) is 21.3 Å². The molecule has 2 aromatic carbocycles. The van der Waals surface area contributed by atoms with Crippen molar-refractivity contribution in [3.05, 3.63) is 94.0 Å². The number of fused-ring (bicyclic) bond motifs is 3. The first kappa shape index (κ1) is 20.8. The fourth-order valence-electron chi connectivity index (χ4n) is 4.27. The van der Waals surface area contributed by atoms with Crippen LogP contribution in [0.15, 0.2) is 72.1 Å². The minimum atomic E-state index is -1.08. The van der Waals surface area contributed by atoms with Gasteiger partial charge in [0.1, 0.15) is 16.1 Å². The van der Waals surface area contributed by atoms with Crippen LogP contribution in [-0.2, 0) is 24.4 Å². The van der Waals surface area contributed by atoms with Crippen molar-refractivity contribution in [2.75, 3.05) is 0 Å². The van der Waals surface area contributed by atoms with Gasteiger partial charge in [-0.05, 0) is 41.6 Å². The fourth-order valence-corrected chi connectivity index (χ4v) is 5.36. The third kappa shape index (κ3) is 3.49. The molecule has 1 aliphatic rings. The van der Waals surface area contributed by atoms with Gasteiger partial charge in [0.15, 0.2) is 0 Å². The Balaban J connectivity index is 1.53. The highest BCUT2D eigenvalue weighted by molar-refractivity contribution is 7.16. The Morgan fingerprint density at radius 3 is 2.66 bits per heavy atom. The topological polar surface area (TPSA) is 54.3 Å². The van der Waals surface area contributed by atoms with Crippen LogP contribution >= 0.6 is 22.9 Å². The lowest BCUT2D eigenvalue weighted by Gasteiger charge is -2.44. The average Bonchev–Trinajstić information content (AvgIpc) is 3.39. The van der Waals surface area contributed by atoms with Crippen molar-refractivity contribution in [3.63, 3.8) is 0 Å². The zero-order valence-corrected chi connectivity index (χ0v) is 19.1. The van der Waals surface area contributed by atoms with Crippen molar-refractivity contribution in [1.82, 2.24) is 14.8 Å². The number of carbonyl (C=O) groups is 2. The van der Waals surface area contributed by atoms with E-state index in [9.17, 15) is 9.59 Å². The molecule has 3 heterocycles. The Kier molecular flexibility index (Phi) is 5.27. The predicted octanol–water partition coefficient (Wildman–Crippen LogP) is 5.09. The van der Waals surface area contributed by atoms with Crippen molar-refractivity contribution in [2.45, 2.75) is 32.1 Å². The highest BCUT2D eigenvalue weighted by Gasteiger charge is 2.47. The molecule has 1 aliphatic heterocycles.